The first-order valence-electron chi connectivity index (χ1n) is 12.2. The molecule has 2 aliphatic rings. The van der Waals surface area contributed by atoms with Gasteiger partial charge in [-0.05, 0) is 65.8 Å². The summed E-state index contributed by atoms with van der Waals surface area (Å²) in [6, 6.07) is 12.6. The predicted molar refractivity (Wildman–Crippen MR) is 136 cm³/mol. The van der Waals surface area contributed by atoms with Crippen LogP contribution in [0.25, 0.3) is 0 Å². The Bertz CT molecular complexity index is 1230. The average molecular weight is 571 g/mol. The Morgan fingerprint density at radius 1 is 0.605 bits per heavy atom. The van der Waals surface area contributed by atoms with Gasteiger partial charge in [-0.25, -0.2) is 0 Å². The number of rotatable bonds is 8. The summed E-state index contributed by atoms with van der Waals surface area (Å²) < 4.78 is 86.1. The lowest BCUT2D eigenvalue weighted by Gasteiger charge is -2.53. The van der Waals surface area contributed by atoms with Crippen molar-refractivity contribution >= 4 is 20.2 Å². The summed E-state index contributed by atoms with van der Waals surface area (Å²) >= 11 is 0. The standard InChI is InChI=1S/C26H34O10S2/c1-17-7-11-19(12-8-17)37(27,28)31-15-21-23-24(36-25(3,4)33-21)22(34-26(5,6)35-23)16-32-38(29,30)20-13-9-18(2)10-14-20/h7-14,21-24H,15-16H2,1-6H3/t21-,22+,23-,24-/m1/s1. The second-order valence-corrected chi connectivity index (χ2v) is 13.6. The van der Waals surface area contributed by atoms with Crippen molar-refractivity contribution in [3.8, 4) is 0 Å². The lowest BCUT2D eigenvalue weighted by molar-refractivity contribution is -0.425. The second kappa shape index (κ2) is 10.6. The Labute approximate surface area is 224 Å². The molecule has 2 heterocycles. The van der Waals surface area contributed by atoms with E-state index in [1.54, 1.807) is 52.0 Å². The van der Waals surface area contributed by atoms with E-state index < -0.39 is 56.2 Å². The highest BCUT2D eigenvalue weighted by molar-refractivity contribution is 7.87. The molecule has 0 aliphatic carbocycles. The maximum Gasteiger partial charge on any atom is 0.297 e. The molecular formula is C26H34O10S2. The Kier molecular flexibility index (Phi) is 8.10. The zero-order valence-corrected chi connectivity index (χ0v) is 23.9. The average Bonchev–Trinajstić information content (AvgIpc) is 2.81. The fourth-order valence-corrected chi connectivity index (χ4v) is 6.24. The van der Waals surface area contributed by atoms with Crippen LogP contribution < -0.4 is 0 Å². The molecule has 4 atom stereocenters. The van der Waals surface area contributed by atoms with Crippen molar-refractivity contribution in [3.63, 3.8) is 0 Å². The van der Waals surface area contributed by atoms with Gasteiger partial charge in [0.1, 0.15) is 24.4 Å². The molecule has 38 heavy (non-hydrogen) atoms. The number of fused-ring (bicyclic) bond motifs is 1. The first-order valence-corrected chi connectivity index (χ1v) is 15.0. The molecule has 2 aliphatic heterocycles. The zero-order chi connectivity index (χ0) is 27.9. The molecular weight excluding hydrogens is 536 g/mol. The van der Waals surface area contributed by atoms with Crippen LogP contribution in [0.15, 0.2) is 58.3 Å². The molecule has 2 aromatic carbocycles. The van der Waals surface area contributed by atoms with Crippen molar-refractivity contribution in [2.24, 2.45) is 0 Å². The Morgan fingerprint density at radius 3 is 1.24 bits per heavy atom. The summed E-state index contributed by atoms with van der Waals surface area (Å²) in [5.74, 6) is -2.35. The van der Waals surface area contributed by atoms with Crippen molar-refractivity contribution in [2.45, 2.75) is 87.3 Å². The van der Waals surface area contributed by atoms with Crippen LogP contribution >= 0.6 is 0 Å². The molecule has 10 nitrogen and oxygen atoms in total. The third kappa shape index (κ3) is 6.80. The van der Waals surface area contributed by atoms with Crippen LogP contribution in [-0.4, -0.2) is 66.0 Å². The highest BCUT2D eigenvalue weighted by Gasteiger charge is 2.54. The monoisotopic (exact) mass is 570 g/mol. The van der Waals surface area contributed by atoms with E-state index in [9.17, 15) is 16.8 Å². The van der Waals surface area contributed by atoms with Crippen molar-refractivity contribution < 1.29 is 44.1 Å². The number of benzene rings is 2. The summed E-state index contributed by atoms with van der Waals surface area (Å²) in [5.41, 5.74) is 1.83. The van der Waals surface area contributed by atoms with Crippen LogP contribution in [-0.2, 0) is 47.5 Å². The Balaban J connectivity index is 1.53. The van der Waals surface area contributed by atoms with Gasteiger partial charge in [0, 0.05) is 0 Å². The number of hydrogen-bond acceptors (Lipinski definition) is 10. The lowest BCUT2D eigenvalue weighted by atomic mass is 9.98. The van der Waals surface area contributed by atoms with E-state index in [-0.39, 0.29) is 23.0 Å². The molecule has 210 valence electrons. The van der Waals surface area contributed by atoms with Gasteiger partial charge < -0.3 is 18.9 Å². The SMILES string of the molecule is Cc1ccc(S(=O)(=O)OC[C@@H]2OC(C)(C)O[C@H]3[C@@H]2OC(C)(C)O[C@@H]3COS(=O)(=O)c2ccc(C)cc2)cc1. The van der Waals surface area contributed by atoms with Gasteiger partial charge in [0.25, 0.3) is 20.2 Å². The molecule has 0 bridgehead atoms. The fourth-order valence-electron chi connectivity index (χ4n) is 4.40. The molecule has 0 aromatic heterocycles. The van der Waals surface area contributed by atoms with Gasteiger partial charge in [-0.3, -0.25) is 8.37 Å². The maximum absolute atomic E-state index is 12.8. The van der Waals surface area contributed by atoms with E-state index in [2.05, 4.69) is 0 Å². The summed E-state index contributed by atoms with van der Waals surface area (Å²) in [6.45, 7) is 9.63. The number of hydrogen-bond donors (Lipinski definition) is 0. The molecule has 4 rings (SSSR count). The van der Waals surface area contributed by atoms with Crippen molar-refractivity contribution in [1.29, 1.82) is 0 Å². The van der Waals surface area contributed by atoms with Gasteiger partial charge >= 0.3 is 0 Å². The lowest BCUT2D eigenvalue weighted by Crippen LogP contribution is -2.67. The molecule has 2 aromatic rings. The first kappa shape index (κ1) is 29.1. The van der Waals surface area contributed by atoms with Gasteiger partial charge in [0.05, 0.1) is 23.0 Å². The topological polar surface area (TPSA) is 124 Å². The van der Waals surface area contributed by atoms with E-state index >= 15 is 0 Å². The largest absolute Gasteiger partial charge is 0.342 e. The smallest absolute Gasteiger partial charge is 0.297 e. The van der Waals surface area contributed by atoms with Gasteiger partial charge in [-0.2, -0.15) is 16.8 Å². The normalized spacial score (nSPS) is 27.0. The number of aryl methyl sites for hydroxylation is 2. The van der Waals surface area contributed by atoms with Crippen LogP contribution in [0.4, 0.5) is 0 Å². The highest BCUT2D eigenvalue weighted by Crippen LogP contribution is 2.39. The molecule has 0 amide bonds. The van der Waals surface area contributed by atoms with Gasteiger partial charge in [-0.15, -0.1) is 0 Å². The van der Waals surface area contributed by atoms with Crippen molar-refractivity contribution in [3.05, 3.63) is 59.7 Å². The highest BCUT2D eigenvalue weighted by atomic mass is 32.2. The third-order valence-electron chi connectivity index (χ3n) is 6.16. The summed E-state index contributed by atoms with van der Waals surface area (Å²) in [6.07, 6.45) is -3.42. The minimum atomic E-state index is -4.07. The van der Waals surface area contributed by atoms with Crippen molar-refractivity contribution in [1.82, 2.24) is 0 Å². The summed E-state index contributed by atoms with van der Waals surface area (Å²) in [7, 11) is -8.14. The molecule has 2 saturated heterocycles. The summed E-state index contributed by atoms with van der Waals surface area (Å²) in [4.78, 5) is 0.0403. The maximum atomic E-state index is 12.8. The van der Waals surface area contributed by atoms with Gasteiger partial charge in [0.2, 0.25) is 0 Å². The Morgan fingerprint density at radius 2 is 0.921 bits per heavy atom. The molecule has 12 heteroatoms. The second-order valence-electron chi connectivity index (χ2n) is 10.4. The van der Waals surface area contributed by atoms with E-state index in [1.165, 1.54) is 24.3 Å². The fraction of sp³-hybridized carbons (Fsp3) is 0.538. The minimum Gasteiger partial charge on any atom is -0.342 e. The van der Waals surface area contributed by atoms with Crippen LogP contribution in [0.3, 0.4) is 0 Å². The third-order valence-corrected chi connectivity index (χ3v) is 8.75. The quantitative estimate of drug-likeness (QED) is 0.436. The molecule has 0 saturated carbocycles. The minimum absolute atomic E-state index is 0.0202. The molecule has 0 unspecified atom stereocenters. The van der Waals surface area contributed by atoms with E-state index in [4.69, 9.17) is 27.3 Å². The van der Waals surface area contributed by atoms with E-state index in [0.717, 1.165) is 11.1 Å². The van der Waals surface area contributed by atoms with Gasteiger partial charge in [0.15, 0.2) is 11.6 Å². The van der Waals surface area contributed by atoms with E-state index in [0.29, 0.717) is 0 Å². The molecule has 2 fully saturated rings. The molecule has 0 spiro atoms. The van der Waals surface area contributed by atoms with Crippen LogP contribution in [0.2, 0.25) is 0 Å². The predicted octanol–water partition coefficient (Wildman–Crippen LogP) is 3.45. The number of ether oxygens (including phenoxy) is 4. The first-order chi connectivity index (χ1) is 17.6. The van der Waals surface area contributed by atoms with Crippen LogP contribution in [0.5, 0.6) is 0 Å². The summed E-state index contributed by atoms with van der Waals surface area (Å²) in [5, 5.41) is 0. The molecule has 0 radical (unpaired) electrons. The van der Waals surface area contributed by atoms with Crippen LogP contribution in [0, 0.1) is 13.8 Å². The van der Waals surface area contributed by atoms with Crippen molar-refractivity contribution in [2.75, 3.05) is 13.2 Å². The molecule has 0 N–H and O–H groups in total. The van der Waals surface area contributed by atoms with Crippen LogP contribution in [0.1, 0.15) is 38.8 Å². The van der Waals surface area contributed by atoms with Gasteiger partial charge in [-0.1, -0.05) is 35.4 Å². The van der Waals surface area contributed by atoms with E-state index in [1.807, 2.05) is 13.8 Å². The Hall–Kier alpha value is -1.90. The zero-order valence-electron chi connectivity index (χ0n) is 22.2.